The molecular weight excluding hydrogens is 390 g/mol. The Bertz CT molecular complexity index is 1210. The number of furan rings is 1. The van der Waals surface area contributed by atoms with E-state index in [0.29, 0.717) is 5.56 Å². The summed E-state index contributed by atoms with van der Waals surface area (Å²) < 4.78 is 5.45. The van der Waals surface area contributed by atoms with Gasteiger partial charge in [0.05, 0.1) is 12.0 Å². The standard InChI is InChI=1S/C24H23N5O2/c1-16-6-11-26-24(27-16)29-13-8-19(9-14-29)28-23(30)18-4-2-17(3-5-18)22-20-10-15-31-21(20)7-12-25-22/h2-7,10-12,15,19H,8-9,13-14H2,1H3,(H,28,30). The minimum absolute atomic E-state index is 0.0497. The van der Waals surface area contributed by atoms with Gasteiger partial charge in [0, 0.05) is 53.7 Å². The first-order valence-electron chi connectivity index (χ1n) is 10.5. The first kappa shape index (κ1) is 19.2. The molecule has 1 fully saturated rings. The quantitative estimate of drug-likeness (QED) is 0.545. The molecule has 1 aliphatic heterocycles. The maximum atomic E-state index is 12.7. The molecule has 0 spiro atoms. The highest BCUT2D eigenvalue weighted by molar-refractivity contribution is 5.96. The summed E-state index contributed by atoms with van der Waals surface area (Å²) in [6.45, 7) is 3.62. The molecule has 0 bridgehead atoms. The summed E-state index contributed by atoms with van der Waals surface area (Å²) in [5.74, 6) is 0.716. The molecule has 3 aromatic heterocycles. The van der Waals surface area contributed by atoms with Crippen molar-refractivity contribution in [2.24, 2.45) is 0 Å². The largest absolute Gasteiger partial charge is 0.464 e. The second-order valence-electron chi connectivity index (χ2n) is 7.80. The van der Waals surface area contributed by atoms with E-state index < -0.39 is 0 Å². The van der Waals surface area contributed by atoms with Gasteiger partial charge < -0.3 is 14.6 Å². The predicted octanol–water partition coefficient (Wildman–Crippen LogP) is 3.99. The van der Waals surface area contributed by atoms with Gasteiger partial charge in [0.1, 0.15) is 5.58 Å². The summed E-state index contributed by atoms with van der Waals surface area (Å²) >= 11 is 0. The summed E-state index contributed by atoms with van der Waals surface area (Å²) in [7, 11) is 0. The molecule has 156 valence electrons. The molecule has 7 nitrogen and oxygen atoms in total. The molecule has 31 heavy (non-hydrogen) atoms. The monoisotopic (exact) mass is 413 g/mol. The number of pyridine rings is 1. The fraction of sp³-hybridized carbons (Fsp3) is 0.250. The predicted molar refractivity (Wildman–Crippen MR) is 119 cm³/mol. The lowest BCUT2D eigenvalue weighted by Gasteiger charge is -2.32. The van der Waals surface area contributed by atoms with Crippen LogP contribution in [0.3, 0.4) is 0 Å². The first-order valence-corrected chi connectivity index (χ1v) is 10.5. The van der Waals surface area contributed by atoms with Gasteiger partial charge in [-0.2, -0.15) is 0 Å². The van der Waals surface area contributed by atoms with Crippen LogP contribution >= 0.6 is 0 Å². The zero-order valence-electron chi connectivity index (χ0n) is 17.3. The third-order valence-corrected chi connectivity index (χ3v) is 5.70. The third kappa shape index (κ3) is 3.99. The number of anilines is 1. The summed E-state index contributed by atoms with van der Waals surface area (Å²) in [6, 6.07) is 13.4. The SMILES string of the molecule is Cc1ccnc(N2CCC(NC(=O)c3ccc(-c4nccc5occc45)cc3)CC2)n1. The van der Waals surface area contributed by atoms with E-state index in [0.717, 1.165) is 59.8 Å². The first-order chi connectivity index (χ1) is 15.2. The van der Waals surface area contributed by atoms with Crippen molar-refractivity contribution >= 4 is 22.8 Å². The second-order valence-corrected chi connectivity index (χ2v) is 7.80. The molecule has 0 atom stereocenters. The minimum Gasteiger partial charge on any atom is -0.464 e. The molecule has 1 saturated heterocycles. The highest BCUT2D eigenvalue weighted by Crippen LogP contribution is 2.27. The molecule has 4 heterocycles. The lowest BCUT2D eigenvalue weighted by atomic mass is 10.0. The molecule has 1 amide bonds. The number of fused-ring (bicyclic) bond motifs is 1. The van der Waals surface area contributed by atoms with Crippen molar-refractivity contribution < 1.29 is 9.21 Å². The van der Waals surface area contributed by atoms with Gasteiger partial charge in [0.25, 0.3) is 5.91 Å². The van der Waals surface area contributed by atoms with Crippen LogP contribution in [0.5, 0.6) is 0 Å². The maximum absolute atomic E-state index is 12.7. The molecule has 5 rings (SSSR count). The zero-order valence-corrected chi connectivity index (χ0v) is 17.3. The Morgan fingerprint density at radius 3 is 2.58 bits per heavy atom. The van der Waals surface area contributed by atoms with Crippen molar-refractivity contribution in [1.29, 1.82) is 0 Å². The van der Waals surface area contributed by atoms with Crippen LogP contribution in [0, 0.1) is 6.92 Å². The van der Waals surface area contributed by atoms with Crippen LogP contribution in [0.25, 0.3) is 22.2 Å². The average molecular weight is 413 g/mol. The fourth-order valence-corrected chi connectivity index (χ4v) is 3.98. The number of aromatic nitrogens is 3. The van der Waals surface area contributed by atoms with E-state index in [1.807, 2.05) is 49.4 Å². The molecule has 0 unspecified atom stereocenters. The Hall–Kier alpha value is -3.74. The molecule has 7 heteroatoms. The van der Waals surface area contributed by atoms with E-state index in [1.54, 1.807) is 18.7 Å². The van der Waals surface area contributed by atoms with Crippen LogP contribution in [0.2, 0.25) is 0 Å². The number of hydrogen-bond donors (Lipinski definition) is 1. The molecule has 1 N–H and O–H groups in total. The van der Waals surface area contributed by atoms with Gasteiger partial charge >= 0.3 is 0 Å². The number of nitrogens with one attached hydrogen (secondary N) is 1. The van der Waals surface area contributed by atoms with Crippen molar-refractivity contribution in [2.45, 2.75) is 25.8 Å². The van der Waals surface area contributed by atoms with Crippen LogP contribution in [-0.4, -0.2) is 40.0 Å². The van der Waals surface area contributed by atoms with Gasteiger partial charge in [0.2, 0.25) is 5.95 Å². The van der Waals surface area contributed by atoms with Gasteiger partial charge in [-0.25, -0.2) is 9.97 Å². The maximum Gasteiger partial charge on any atom is 0.251 e. The topological polar surface area (TPSA) is 84.2 Å². The number of amides is 1. The van der Waals surface area contributed by atoms with Crippen LogP contribution in [0.1, 0.15) is 28.9 Å². The van der Waals surface area contributed by atoms with Gasteiger partial charge in [0.15, 0.2) is 0 Å². The Morgan fingerprint density at radius 1 is 1.03 bits per heavy atom. The Morgan fingerprint density at radius 2 is 1.81 bits per heavy atom. The number of hydrogen-bond acceptors (Lipinski definition) is 6. The van der Waals surface area contributed by atoms with Crippen molar-refractivity contribution in [3.8, 4) is 11.3 Å². The van der Waals surface area contributed by atoms with Gasteiger partial charge in [-0.1, -0.05) is 12.1 Å². The average Bonchev–Trinajstić information content (AvgIpc) is 3.29. The lowest BCUT2D eigenvalue weighted by Crippen LogP contribution is -2.45. The van der Waals surface area contributed by atoms with Crippen LogP contribution in [0.15, 0.2) is 65.5 Å². The highest BCUT2D eigenvalue weighted by atomic mass is 16.3. The van der Waals surface area contributed by atoms with Crippen LogP contribution in [-0.2, 0) is 0 Å². The summed E-state index contributed by atoms with van der Waals surface area (Å²) in [5, 5.41) is 4.13. The molecular formula is C24H23N5O2. The Labute approximate surface area is 180 Å². The number of rotatable bonds is 4. The summed E-state index contributed by atoms with van der Waals surface area (Å²) in [4.78, 5) is 28.3. The smallest absolute Gasteiger partial charge is 0.251 e. The lowest BCUT2D eigenvalue weighted by molar-refractivity contribution is 0.0931. The Kier molecular flexibility index (Phi) is 5.08. The van der Waals surface area contributed by atoms with E-state index >= 15 is 0 Å². The zero-order chi connectivity index (χ0) is 21.2. The fourth-order valence-electron chi connectivity index (χ4n) is 3.98. The number of carbonyl (C=O) groups is 1. The second kappa shape index (κ2) is 8.18. The number of nitrogens with zero attached hydrogens (tertiary/aromatic N) is 4. The van der Waals surface area contributed by atoms with E-state index in [9.17, 15) is 4.79 Å². The molecule has 1 aromatic carbocycles. The van der Waals surface area contributed by atoms with Gasteiger partial charge in [-0.3, -0.25) is 9.78 Å². The number of aryl methyl sites for hydroxylation is 1. The molecule has 1 aliphatic rings. The van der Waals surface area contributed by atoms with Crippen LogP contribution in [0.4, 0.5) is 5.95 Å². The van der Waals surface area contributed by atoms with Gasteiger partial charge in [-0.15, -0.1) is 0 Å². The Balaban J connectivity index is 1.22. The summed E-state index contributed by atoms with van der Waals surface area (Å²) in [5.41, 5.74) is 4.21. The normalized spacial score (nSPS) is 14.7. The summed E-state index contributed by atoms with van der Waals surface area (Å²) in [6.07, 6.45) is 6.92. The van der Waals surface area contributed by atoms with Crippen molar-refractivity contribution in [1.82, 2.24) is 20.3 Å². The van der Waals surface area contributed by atoms with Crippen molar-refractivity contribution in [2.75, 3.05) is 18.0 Å². The van der Waals surface area contributed by atoms with Crippen molar-refractivity contribution in [3.63, 3.8) is 0 Å². The molecule has 4 aromatic rings. The van der Waals surface area contributed by atoms with E-state index in [4.69, 9.17) is 4.42 Å². The van der Waals surface area contributed by atoms with E-state index in [1.165, 1.54) is 0 Å². The molecule has 0 saturated carbocycles. The number of piperidine rings is 1. The third-order valence-electron chi connectivity index (χ3n) is 5.70. The van der Waals surface area contributed by atoms with Gasteiger partial charge in [-0.05, 0) is 50.1 Å². The van der Waals surface area contributed by atoms with Crippen molar-refractivity contribution in [3.05, 3.63) is 72.4 Å². The van der Waals surface area contributed by atoms with E-state index in [-0.39, 0.29) is 11.9 Å². The molecule has 0 aliphatic carbocycles. The van der Waals surface area contributed by atoms with E-state index in [2.05, 4.69) is 25.2 Å². The minimum atomic E-state index is -0.0497. The number of benzene rings is 1. The highest BCUT2D eigenvalue weighted by Gasteiger charge is 2.22. The molecule has 0 radical (unpaired) electrons. The van der Waals surface area contributed by atoms with Crippen LogP contribution < -0.4 is 10.2 Å². The number of carbonyl (C=O) groups excluding carboxylic acids is 1.